The van der Waals surface area contributed by atoms with E-state index in [1.807, 2.05) is 6.26 Å². The predicted octanol–water partition coefficient (Wildman–Crippen LogP) is 0.505. The molecule has 1 aliphatic heterocycles. The highest BCUT2D eigenvalue weighted by Crippen LogP contribution is 2.27. The van der Waals surface area contributed by atoms with Crippen molar-refractivity contribution in [2.45, 2.75) is 96.9 Å². The molecule has 254 valence electrons. The van der Waals surface area contributed by atoms with E-state index in [4.69, 9.17) is 28.4 Å². The molecule has 1 heterocycles. The lowest BCUT2D eigenvalue weighted by molar-refractivity contribution is -0.188. The Morgan fingerprint density at radius 3 is 2.07 bits per heavy atom. The summed E-state index contributed by atoms with van der Waals surface area (Å²) in [6.45, 7) is 8.77. The minimum atomic E-state index is -1.59. The van der Waals surface area contributed by atoms with E-state index in [1.54, 1.807) is 20.8 Å². The average molecular weight is 662 g/mol. The summed E-state index contributed by atoms with van der Waals surface area (Å²) in [6, 6.07) is -3.62. The van der Waals surface area contributed by atoms with Gasteiger partial charge in [-0.3, -0.25) is 24.0 Å². The van der Waals surface area contributed by atoms with Gasteiger partial charge in [-0.15, -0.1) is 0 Å². The van der Waals surface area contributed by atoms with Gasteiger partial charge in [0.1, 0.15) is 18.2 Å². The minimum absolute atomic E-state index is 0.185. The fourth-order valence-corrected chi connectivity index (χ4v) is 4.60. The molecular formula is C28H43N3O13S. The number of amides is 3. The van der Waals surface area contributed by atoms with Crippen molar-refractivity contribution in [1.29, 1.82) is 0 Å². The number of alkyl carbamates (subject to hydrolysis) is 1. The lowest BCUT2D eigenvalue weighted by Crippen LogP contribution is -2.65. The van der Waals surface area contributed by atoms with Gasteiger partial charge in [0, 0.05) is 27.7 Å². The van der Waals surface area contributed by atoms with E-state index in [-0.39, 0.29) is 6.42 Å². The highest BCUT2D eigenvalue weighted by atomic mass is 32.2. The van der Waals surface area contributed by atoms with Crippen LogP contribution in [0.4, 0.5) is 4.79 Å². The Hall–Kier alpha value is -4.02. The molecule has 0 spiro atoms. The van der Waals surface area contributed by atoms with Crippen molar-refractivity contribution in [3.63, 3.8) is 0 Å². The van der Waals surface area contributed by atoms with E-state index in [0.717, 1.165) is 27.9 Å². The summed E-state index contributed by atoms with van der Waals surface area (Å²) in [5, 5.41) is 7.85. The number of ether oxygens (including phenoxy) is 6. The van der Waals surface area contributed by atoms with Crippen molar-refractivity contribution in [2.75, 3.05) is 25.7 Å². The van der Waals surface area contributed by atoms with Gasteiger partial charge in [0.2, 0.25) is 17.6 Å². The first-order valence-electron chi connectivity index (χ1n) is 13.9. The minimum Gasteiger partial charge on any atom is -0.477 e. The van der Waals surface area contributed by atoms with Crippen molar-refractivity contribution >= 4 is 53.5 Å². The number of carbonyl (C=O) groups is 7. The van der Waals surface area contributed by atoms with Gasteiger partial charge < -0.3 is 44.4 Å². The number of esters is 4. The van der Waals surface area contributed by atoms with Gasteiger partial charge in [0.05, 0.1) is 19.2 Å². The Kier molecular flexibility index (Phi) is 15.7. The maximum absolute atomic E-state index is 13.6. The number of hydrogen-bond acceptors (Lipinski definition) is 14. The van der Waals surface area contributed by atoms with Crippen LogP contribution in [-0.4, -0.2) is 110 Å². The molecule has 45 heavy (non-hydrogen) atoms. The molecule has 1 aliphatic rings. The molecule has 0 bridgehead atoms. The Morgan fingerprint density at radius 2 is 1.58 bits per heavy atom. The monoisotopic (exact) mass is 661 g/mol. The highest BCUT2D eigenvalue weighted by molar-refractivity contribution is 7.98. The lowest BCUT2D eigenvalue weighted by Gasteiger charge is -2.42. The Morgan fingerprint density at radius 1 is 0.956 bits per heavy atom. The fraction of sp³-hybridized carbons (Fsp3) is 0.679. The fourth-order valence-electron chi connectivity index (χ4n) is 4.13. The normalized spacial score (nSPS) is 19.6. The first kappa shape index (κ1) is 39.0. The quantitative estimate of drug-likeness (QED) is 0.171. The van der Waals surface area contributed by atoms with Gasteiger partial charge in [-0.2, -0.15) is 11.8 Å². The van der Waals surface area contributed by atoms with E-state index in [1.165, 1.54) is 24.8 Å². The van der Waals surface area contributed by atoms with Gasteiger partial charge >= 0.3 is 30.0 Å². The summed E-state index contributed by atoms with van der Waals surface area (Å²) in [7, 11) is 1.07. The van der Waals surface area contributed by atoms with E-state index in [9.17, 15) is 33.6 Å². The summed E-state index contributed by atoms with van der Waals surface area (Å²) in [6.07, 6.45) is -2.26. The first-order chi connectivity index (χ1) is 20.9. The van der Waals surface area contributed by atoms with E-state index in [2.05, 4.69) is 16.0 Å². The molecule has 16 nitrogen and oxygen atoms in total. The molecule has 17 heteroatoms. The zero-order chi connectivity index (χ0) is 34.5. The maximum atomic E-state index is 13.6. The zero-order valence-electron chi connectivity index (χ0n) is 26.9. The van der Waals surface area contributed by atoms with Crippen molar-refractivity contribution in [1.82, 2.24) is 16.0 Å². The maximum Gasteiger partial charge on any atom is 0.408 e. The SMILES string of the molecule is COC(=O)C1=C[C@H](NC(=O)[C@H](CCSC)NC(=O)OC(C)(C)C)[C@@H](NC(C)=O)[C@H]([C@H](OC(C)=O)[C@@H](COC(C)=O)OC(C)=O)O1. The summed E-state index contributed by atoms with van der Waals surface area (Å²) in [5.74, 6) is -4.74. The van der Waals surface area contributed by atoms with Crippen molar-refractivity contribution < 1.29 is 62.0 Å². The smallest absolute Gasteiger partial charge is 0.408 e. The molecular weight excluding hydrogens is 618 g/mol. The second-order valence-electron chi connectivity index (χ2n) is 10.9. The first-order valence-corrected chi connectivity index (χ1v) is 15.3. The van der Waals surface area contributed by atoms with Crippen LogP contribution in [0.2, 0.25) is 0 Å². The molecule has 0 aliphatic carbocycles. The van der Waals surface area contributed by atoms with Gasteiger partial charge in [0.25, 0.3) is 0 Å². The lowest BCUT2D eigenvalue weighted by atomic mass is 9.91. The van der Waals surface area contributed by atoms with E-state index < -0.39 is 96.2 Å². The van der Waals surface area contributed by atoms with Gasteiger partial charge in [0.15, 0.2) is 18.3 Å². The predicted molar refractivity (Wildman–Crippen MR) is 158 cm³/mol. The zero-order valence-corrected chi connectivity index (χ0v) is 27.7. The average Bonchev–Trinajstić information content (AvgIpc) is 2.90. The van der Waals surface area contributed by atoms with E-state index >= 15 is 0 Å². The van der Waals surface area contributed by atoms with Crippen molar-refractivity contribution in [3.8, 4) is 0 Å². The van der Waals surface area contributed by atoms with Gasteiger partial charge in [-0.05, 0) is 45.3 Å². The summed E-state index contributed by atoms with van der Waals surface area (Å²) in [4.78, 5) is 87.0. The van der Waals surface area contributed by atoms with E-state index in [0.29, 0.717) is 5.75 Å². The molecule has 0 aromatic carbocycles. The van der Waals surface area contributed by atoms with Gasteiger partial charge in [-0.1, -0.05) is 0 Å². The molecule has 3 N–H and O–H groups in total. The molecule has 1 rings (SSSR count). The Bertz CT molecular complexity index is 1140. The number of rotatable bonds is 14. The number of methoxy groups -OCH3 is 1. The van der Waals surface area contributed by atoms with Crippen molar-refractivity contribution in [2.24, 2.45) is 0 Å². The Labute approximate surface area is 265 Å². The number of thioether (sulfide) groups is 1. The second kappa shape index (κ2) is 18.1. The molecule has 0 unspecified atom stereocenters. The number of nitrogens with one attached hydrogen (secondary N) is 3. The standard InChI is InChI=1S/C28H43N3O13S/c1-14(32)29-22-19(30-25(36)18(10-11-45-9)31-27(38)44-28(5,6)7)12-20(26(37)39-8)43-24(22)23(42-17(4)35)21(41-16(3)34)13-40-15(2)33/h12,18-19,21-24H,10-11,13H2,1-9H3,(H,29,32)(H,30,36)(H,31,38)/t18-,19-,21+,22+,23+,24+/m0/s1. The molecule has 0 aromatic rings. The topological polar surface area (TPSA) is 211 Å². The van der Waals surface area contributed by atoms with Crippen LogP contribution in [0, 0.1) is 0 Å². The molecule has 0 fully saturated rings. The van der Waals surface area contributed by atoms with Crippen LogP contribution in [-0.2, 0) is 57.2 Å². The molecule has 0 aromatic heterocycles. The van der Waals surface area contributed by atoms with Crippen molar-refractivity contribution in [3.05, 3.63) is 11.8 Å². The van der Waals surface area contributed by atoms with Gasteiger partial charge in [-0.25, -0.2) is 9.59 Å². The third-order valence-corrected chi connectivity index (χ3v) is 6.42. The van der Waals surface area contributed by atoms with Crippen LogP contribution in [0.15, 0.2) is 11.8 Å². The third kappa shape index (κ3) is 14.1. The molecule has 3 amide bonds. The summed E-state index contributed by atoms with van der Waals surface area (Å²) >= 11 is 1.43. The van der Waals surface area contributed by atoms with Crippen LogP contribution in [0.5, 0.6) is 0 Å². The van der Waals surface area contributed by atoms with Crippen LogP contribution >= 0.6 is 11.8 Å². The molecule has 0 radical (unpaired) electrons. The molecule has 6 atom stereocenters. The number of hydrogen-bond donors (Lipinski definition) is 3. The third-order valence-electron chi connectivity index (χ3n) is 5.78. The summed E-state index contributed by atoms with van der Waals surface area (Å²) in [5.41, 5.74) is -0.844. The highest BCUT2D eigenvalue weighted by Gasteiger charge is 2.48. The van der Waals surface area contributed by atoms with Crippen LogP contribution < -0.4 is 16.0 Å². The summed E-state index contributed by atoms with van der Waals surface area (Å²) < 4.78 is 31.7. The largest absolute Gasteiger partial charge is 0.477 e. The van der Waals surface area contributed by atoms with Crippen LogP contribution in [0.1, 0.15) is 54.9 Å². The number of carbonyl (C=O) groups excluding carboxylic acids is 7. The van der Waals surface area contributed by atoms with Crippen LogP contribution in [0.25, 0.3) is 0 Å². The Balaban J connectivity index is 3.67. The second-order valence-corrected chi connectivity index (χ2v) is 11.9. The van der Waals surface area contributed by atoms with Crippen LogP contribution in [0.3, 0.4) is 0 Å². The molecule has 0 saturated carbocycles. The molecule has 0 saturated heterocycles.